The van der Waals surface area contributed by atoms with Crippen LogP contribution < -0.4 is 25.0 Å². The Bertz CT molecular complexity index is 1380. The molecule has 2 saturated heterocycles. The van der Waals surface area contributed by atoms with E-state index >= 15 is 0 Å². The summed E-state index contributed by atoms with van der Waals surface area (Å²) >= 11 is 0. The average Bonchev–Trinajstić information content (AvgIpc) is 3.25. The third kappa shape index (κ3) is 4.60. The predicted octanol–water partition coefficient (Wildman–Crippen LogP) is 1.91. The lowest BCUT2D eigenvalue weighted by Crippen LogP contribution is -2.59. The van der Waals surface area contributed by atoms with Gasteiger partial charge < -0.3 is 24.8 Å². The second kappa shape index (κ2) is 9.45. The number of nitrogens with zero attached hydrogens (tertiary/aromatic N) is 4. The average molecular weight is 509 g/mol. The molecule has 0 radical (unpaired) electrons. The molecule has 3 aliphatic heterocycles. The number of pyridine rings is 2. The highest BCUT2D eigenvalue weighted by Gasteiger charge is 2.37. The summed E-state index contributed by atoms with van der Waals surface area (Å²) in [6, 6.07) is 8.85. The first-order valence-corrected chi connectivity index (χ1v) is 12.0. The van der Waals surface area contributed by atoms with Crippen molar-refractivity contribution in [2.24, 2.45) is 0 Å². The maximum atomic E-state index is 14.5. The standard InChI is InChI=1S/C25H25FN6O5/c1-35-23-5-3-19-24(30-23)17(18(26)8-28-19)7-27-14-9-31(10-14)11-16-12-32(25(34)37-16)15-2-4-21-20(6-15)29-22(33)13-36-21/h2-6,8,14,16,27H,7,9-13H2,1H3,(H,29,33)/t16-/m1/s1. The number of carbonyl (C=O) groups is 2. The van der Waals surface area contributed by atoms with Gasteiger partial charge in [0.1, 0.15) is 23.2 Å². The number of carbonyl (C=O) groups excluding carboxylic acids is 2. The monoisotopic (exact) mass is 508 g/mol. The molecule has 1 atom stereocenters. The van der Waals surface area contributed by atoms with Gasteiger partial charge in [0, 0.05) is 49.5 Å². The predicted molar refractivity (Wildman–Crippen MR) is 131 cm³/mol. The number of aromatic nitrogens is 2. The first kappa shape index (κ1) is 23.4. The van der Waals surface area contributed by atoms with Crippen LogP contribution in [0.2, 0.25) is 0 Å². The number of hydrogen-bond acceptors (Lipinski definition) is 9. The Morgan fingerprint density at radius 2 is 2.08 bits per heavy atom. The summed E-state index contributed by atoms with van der Waals surface area (Å²) in [5.74, 6) is 0.331. The highest BCUT2D eigenvalue weighted by atomic mass is 19.1. The number of hydrogen-bond donors (Lipinski definition) is 2. The van der Waals surface area contributed by atoms with Crippen molar-refractivity contribution in [3.8, 4) is 11.6 Å². The molecule has 37 heavy (non-hydrogen) atoms. The molecule has 3 aromatic rings. The zero-order valence-electron chi connectivity index (χ0n) is 20.1. The molecular formula is C25H25FN6O5. The van der Waals surface area contributed by atoms with Crippen molar-refractivity contribution in [2.45, 2.75) is 18.7 Å². The normalized spacial score (nSPS) is 19.7. The Balaban J connectivity index is 1.02. The summed E-state index contributed by atoms with van der Waals surface area (Å²) in [6.45, 7) is 2.79. The molecule has 0 bridgehead atoms. The molecule has 2 amide bonds. The van der Waals surface area contributed by atoms with Gasteiger partial charge in [0.25, 0.3) is 5.91 Å². The first-order chi connectivity index (χ1) is 18.0. The van der Waals surface area contributed by atoms with E-state index in [0.29, 0.717) is 59.2 Å². The second-order valence-electron chi connectivity index (χ2n) is 9.24. The fourth-order valence-electron chi connectivity index (χ4n) is 4.81. The maximum absolute atomic E-state index is 14.5. The Hall–Kier alpha value is -4.03. The molecular weight excluding hydrogens is 483 g/mol. The van der Waals surface area contributed by atoms with Gasteiger partial charge >= 0.3 is 6.09 Å². The molecule has 192 valence electrons. The van der Waals surface area contributed by atoms with E-state index in [1.165, 1.54) is 13.3 Å². The van der Waals surface area contributed by atoms with Crippen LogP contribution in [-0.2, 0) is 16.1 Å². The zero-order chi connectivity index (χ0) is 25.5. The minimum absolute atomic E-state index is 0.0222. The fourth-order valence-corrected chi connectivity index (χ4v) is 4.81. The van der Waals surface area contributed by atoms with Gasteiger partial charge in [-0.15, -0.1) is 0 Å². The van der Waals surface area contributed by atoms with E-state index in [2.05, 4.69) is 25.5 Å². The van der Waals surface area contributed by atoms with Crippen LogP contribution in [0.4, 0.5) is 20.6 Å². The van der Waals surface area contributed by atoms with Crippen molar-refractivity contribution in [2.75, 3.05) is 50.1 Å². The zero-order valence-corrected chi connectivity index (χ0v) is 20.1. The Morgan fingerprint density at radius 3 is 2.92 bits per heavy atom. The molecule has 0 saturated carbocycles. The van der Waals surface area contributed by atoms with Crippen molar-refractivity contribution < 1.29 is 28.2 Å². The van der Waals surface area contributed by atoms with Crippen LogP contribution in [0.25, 0.3) is 11.0 Å². The Morgan fingerprint density at radius 1 is 1.22 bits per heavy atom. The summed E-state index contributed by atoms with van der Waals surface area (Å²) in [4.78, 5) is 36.3. The topological polar surface area (TPSA) is 118 Å². The third-order valence-electron chi connectivity index (χ3n) is 6.72. The van der Waals surface area contributed by atoms with E-state index in [1.807, 2.05) is 0 Å². The van der Waals surface area contributed by atoms with Crippen LogP contribution in [-0.4, -0.2) is 78.9 Å². The number of cyclic esters (lactones) is 1. The summed E-state index contributed by atoms with van der Waals surface area (Å²) < 4.78 is 30.7. The van der Waals surface area contributed by atoms with Crippen molar-refractivity contribution in [1.29, 1.82) is 0 Å². The van der Waals surface area contributed by atoms with Gasteiger partial charge in [-0.3, -0.25) is 19.6 Å². The molecule has 0 unspecified atom stereocenters. The number of likely N-dealkylation sites (tertiary alicyclic amines) is 1. The highest BCUT2D eigenvalue weighted by molar-refractivity contribution is 5.97. The fraction of sp³-hybridized carbons (Fsp3) is 0.360. The Kier molecular flexibility index (Phi) is 5.97. The SMILES string of the molecule is COc1ccc2ncc(F)c(CNC3CN(C[C@@H]4CN(c5ccc6c(c5)NC(=O)CO6)C(=O)O4)C3)c2n1. The van der Waals surface area contributed by atoms with E-state index in [4.69, 9.17) is 14.2 Å². The van der Waals surface area contributed by atoms with E-state index in [0.717, 1.165) is 13.1 Å². The number of ether oxygens (including phenoxy) is 3. The molecule has 5 heterocycles. The molecule has 2 aromatic heterocycles. The molecule has 12 heteroatoms. The lowest BCUT2D eigenvalue weighted by Gasteiger charge is -2.40. The van der Waals surface area contributed by atoms with E-state index in [9.17, 15) is 14.0 Å². The molecule has 2 N–H and O–H groups in total. The number of halogens is 1. The number of methoxy groups -OCH3 is 1. The van der Waals surface area contributed by atoms with Gasteiger partial charge in [-0.05, 0) is 24.3 Å². The van der Waals surface area contributed by atoms with Crippen LogP contribution in [0, 0.1) is 5.82 Å². The Labute approximate surface area is 211 Å². The van der Waals surface area contributed by atoms with Crippen LogP contribution >= 0.6 is 0 Å². The van der Waals surface area contributed by atoms with E-state index in [-0.39, 0.29) is 24.7 Å². The molecule has 2 fully saturated rings. The minimum Gasteiger partial charge on any atom is -0.482 e. The number of nitrogens with one attached hydrogen (secondary N) is 2. The summed E-state index contributed by atoms with van der Waals surface area (Å²) in [7, 11) is 1.52. The van der Waals surface area contributed by atoms with Gasteiger partial charge in [0.2, 0.25) is 5.88 Å². The smallest absolute Gasteiger partial charge is 0.414 e. The molecule has 3 aliphatic rings. The highest BCUT2D eigenvalue weighted by Crippen LogP contribution is 2.33. The lowest BCUT2D eigenvalue weighted by atomic mass is 10.1. The van der Waals surface area contributed by atoms with Crippen molar-refractivity contribution in [3.63, 3.8) is 0 Å². The van der Waals surface area contributed by atoms with Crippen molar-refractivity contribution in [1.82, 2.24) is 20.2 Å². The van der Waals surface area contributed by atoms with E-state index in [1.54, 1.807) is 35.2 Å². The molecule has 1 aromatic carbocycles. The van der Waals surface area contributed by atoms with Crippen LogP contribution in [0.1, 0.15) is 5.56 Å². The van der Waals surface area contributed by atoms with Gasteiger partial charge in [0.05, 0.1) is 31.1 Å². The number of rotatable bonds is 7. The van der Waals surface area contributed by atoms with Gasteiger partial charge in [0.15, 0.2) is 6.61 Å². The van der Waals surface area contributed by atoms with Crippen molar-refractivity contribution in [3.05, 3.63) is 47.9 Å². The first-order valence-electron chi connectivity index (χ1n) is 12.0. The van der Waals surface area contributed by atoms with Crippen LogP contribution in [0.3, 0.4) is 0 Å². The lowest BCUT2D eigenvalue weighted by molar-refractivity contribution is -0.118. The molecule has 0 aliphatic carbocycles. The van der Waals surface area contributed by atoms with Gasteiger partial charge in [-0.2, -0.15) is 0 Å². The van der Waals surface area contributed by atoms with Crippen LogP contribution in [0.15, 0.2) is 36.5 Å². The van der Waals surface area contributed by atoms with E-state index < -0.39 is 11.9 Å². The third-order valence-corrected chi connectivity index (χ3v) is 6.72. The van der Waals surface area contributed by atoms with Crippen LogP contribution in [0.5, 0.6) is 11.6 Å². The summed E-state index contributed by atoms with van der Waals surface area (Å²) in [5, 5.41) is 6.13. The largest absolute Gasteiger partial charge is 0.482 e. The number of benzene rings is 1. The number of anilines is 2. The quantitative estimate of drug-likeness (QED) is 0.493. The minimum atomic E-state index is -0.425. The second-order valence-corrected chi connectivity index (χ2v) is 9.24. The number of amides is 2. The van der Waals surface area contributed by atoms with Gasteiger partial charge in [-0.25, -0.2) is 14.2 Å². The molecule has 0 spiro atoms. The molecule has 11 nitrogen and oxygen atoms in total. The summed E-state index contributed by atoms with van der Waals surface area (Å²) in [6.07, 6.45) is 0.504. The summed E-state index contributed by atoms with van der Waals surface area (Å²) in [5.41, 5.74) is 2.71. The molecule has 6 rings (SSSR count). The number of fused-ring (bicyclic) bond motifs is 2. The van der Waals surface area contributed by atoms with Gasteiger partial charge in [-0.1, -0.05) is 0 Å². The van der Waals surface area contributed by atoms with Crippen molar-refractivity contribution >= 4 is 34.4 Å². The maximum Gasteiger partial charge on any atom is 0.414 e.